The van der Waals surface area contributed by atoms with Crippen LogP contribution in [0.2, 0.25) is 0 Å². The number of furan rings is 1. The molecule has 4 aromatic rings. The number of hydrogen-bond donors (Lipinski definition) is 3. The predicted molar refractivity (Wildman–Crippen MR) is 121 cm³/mol. The zero-order chi connectivity index (χ0) is 24.3. The van der Waals surface area contributed by atoms with Gasteiger partial charge in [0.2, 0.25) is 5.95 Å². The minimum Gasteiger partial charge on any atom is -0.463 e. The third kappa shape index (κ3) is 3.16. The van der Waals surface area contributed by atoms with Gasteiger partial charge < -0.3 is 20.2 Å². The van der Waals surface area contributed by atoms with Gasteiger partial charge in [0.15, 0.2) is 11.4 Å². The number of anilines is 3. The molecule has 3 aromatic heterocycles. The molecule has 13 heteroatoms. The normalized spacial score (nSPS) is 22.7. The van der Waals surface area contributed by atoms with Crippen molar-refractivity contribution < 1.29 is 23.9 Å². The summed E-state index contributed by atoms with van der Waals surface area (Å²) in [5.41, 5.74) is 1.63. The highest BCUT2D eigenvalue weighted by Gasteiger charge is 2.55. The van der Waals surface area contributed by atoms with Crippen LogP contribution in [0.15, 0.2) is 58.5 Å². The van der Waals surface area contributed by atoms with Crippen LogP contribution < -0.4 is 10.6 Å². The average Bonchev–Trinajstić information content (AvgIpc) is 3.61. The molecule has 2 aliphatic carbocycles. The number of nitrogens with one attached hydrogen (secondary N) is 2. The number of carbonyl (C=O) groups excluding carboxylic acids is 2. The van der Waals surface area contributed by atoms with Crippen molar-refractivity contribution in [2.24, 2.45) is 22.9 Å². The van der Waals surface area contributed by atoms with E-state index in [0.717, 1.165) is 4.68 Å². The third-order valence-electron chi connectivity index (χ3n) is 6.33. The number of Topliss-reactive ketones (excluding diaryl/α,β-unsaturated/α-hetero) is 1. The van der Waals surface area contributed by atoms with Crippen molar-refractivity contribution in [1.82, 2.24) is 19.7 Å². The summed E-state index contributed by atoms with van der Waals surface area (Å²) in [6.45, 7) is 0. The fourth-order valence-corrected chi connectivity index (χ4v) is 4.79. The molecule has 1 fully saturated rings. The highest BCUT2D eigenvalue weighted by atomic mass is 16.4. The van der Waals surface area contributed by atoms with Gasteiger partial charge in [-0.25, -0.2) is 9.78 Å². The fraction of sp³-hybridized carbons (Fsp3) is 0.182. The van der Waals surface area contributed by atoms with E-state index in [4.69, 9.17) is 4.42 Å². The molecule has 0 saturated heterocycles. The summed E-state index contributed by atoms with van der Waals surface area (Å²) in [6.07, 6.45) is 4.99. The SMILES string of the molecule is O=NC(=O)C1C2C=CC(C2=O)C1Nc1nc(Nc2ccc3cnn(C(=O)O)c3c2)nc2ccoc12. The van der Waals surface area contributed by atoms with E-state index in [1.165, 1.54) is 12.5 Å². The van der Waals surface area contributed by atoms with E-state index in [2.05, 4.69) is 30.9 Å². The first-order valence-electron chi connectivity index (χ1n) is 10.5. The maximum absolute atomic E-state index is 12.6. The van der Waals surface area contributed by atoms with Crippen LogP contribution in [0.1, 0.15) is 0 Å². The van der Waals surface area contributed by atoms with Gasteiger partial charge in [-0.15, -0.1) is 4.91 Å². The predicted octanol–water partition coefficient (Wildman–Crippen LogP) is 2.92. The summed E-state index contributed by atoms with van der Waals surface area (Å²) in [5.74, 6) is -2.93. The summed E-state index contributed by atoms with van der Waals surface area (Å²) in [6, 6.07) is 5.92. The number of allylic oxidation sites excluding steroid dienone is 1. The average molecular weight is 473 g/mol. The second-order valence-electron chi connectivity index (χ2n) is 8.23. The van der Waals surface area contributed by atoms with Crippen LogP contribution in [-0.4, -0.2) is 48.7 Å². The van der Waals surface area contributed by atoms with E-state index in [0.29, 0.717) is 27.7 Å². The van der Waals surface area contributed by atoms with Gasteiger partial charge in [-0.05, 0) is 18.2 Å². The molecule has 3 N–H and O–H groups in total. The Kier molecular flexibility index (Phi) is 4.45. The Morgan fingerprint density at radius 2 is 1.97 bits per heavy atom. The summed E-state index contributed by atoms with van der Waals surface area (Å²) in [4.78, 5) is 56.0. The van der Waals surface area contributed by atoms with Crippen molar-refractivity contribution in [2.45, 2.75) is 6.04 Å². The molecule has 4 unspecified atom stereocenters. The number of aromatic nitrogens is 4. The second-order valence-corrected chi connectivity index (χ2v) is 8.23. The zero-order valence-electron chi connectivity index (χ0n) is 17.7. The van der Waals surface area contributed by atoms with Crippen LogP contribution in [0.5, 0.6) is 0 Å². The number of nitrogens with zero attached hydrogens (tertiary/aromatic N) is 5. The Labute approximate surface area is 194 Å². The minimum atomic E-state index is -1.22. The standard InChI is InChI=1S/C22H15N7O6/c30-17-11-3-4-12(17)16(15(11)20(31)28-34)26-19-18-13(5-6-35-18)25-21(27-19)24-10-2-1-9-8-23-29(22(32)33)14(9)7-10/h1-8,11-12,15-16H,(H,32,33)(H2,24,25,26,27). The van der Waals surface area contributed by atoms with E-state index in [9.17, 15) is 24.4 Å². The Balaban J connectivity index is 1.36. The van der Waals surface area contributed by atoms with Crippen LogP contribution >= 0.6 is 0 Å². The van der Waals surface area contributed by atoms with E-state index in [-0.39, 0.29) is 17.5 Å². The molecule has 1 aromatic carbocycles. The molecule has 1 amide bonds. The lowest BCUT2D eigenvalue weighted by atomic mass is 9.88. The molecule has 1 saturated carbocycles. The van der Waals surface area contributed by atoms with Crippen LogP contribution in [0, 0.1) is 22.7 Å². The Bertz CT molecular complexity index is 1590. The highest BCUT2D eigenvalue weighted by Crippen LogP contribution is 2.43. The molecule has 174 valence electrons. The number of hydrogen-bond acceptors (Lipinski definition) is 10. The number of carbonyl (C=O) groups is 3. The summed E-state index contributed by atoms with van der Waals surface area (Å²) < 4.78 is 6.37. The molecular weight excluding hydrogens is 458 g/mol. The first-order chi connectivity index (χ1) is 16.9. The molecule has 2 aliphatic rings. The molecule has 0 radical (unpaired) electrons. The molecule has 4 atom stereocenters. The monoisotopic (exact) mass is 473 g/mol. The van der Waals surface area contributed by atoms with Gasteiger partial charge in [-0.2, -0.15) is 14.8 Å². The topological polar surface area (TPSA) is 182 Å². The molecule has 3 heterocycles. The number of nitroso groups, excluding NO2 is 1. The number of rotatable bonds is 5. The Morgan fingerprint density at radius 3 is 2.77 bits per heavy atom. The van der Waals surface area contributed by atoms with Gasteiger partial charge in [-0.3, -0.25) is 9.59 Å². The van der Waals surface area contributed by atoms with Crippen molar-refractivity contribution in [2.75, 3.05) is 10.6 Å². The van der Waals surface area contributed by atoms with Gasteiger partial charge in [0, 0.05) is 22.3 Å². The van der Waals surface area contributed by atoms with Crippen molar-refractivity contribution in [3.63, 3.8) is 0 Å². The van der Waals surface area contributed by atoms with E-state index < -0.39 is 35.8 Å². The summed E-state index contributed by atoms with van der Waals surface area (Å²) in [5, 5.41) is 22.5. The van der Waals surface area contributed by atoms with Gasteiger partial charge in [0.25, 0.3) is 5.91 Å². The largest absolute Gasteiger partial charge is 0.463 e. The van der Waals surface area contributed by atoms with Crippen molar-refractivity contribution in [3.8, 4) is 0 Å². The lowest BCUT2D eigenvalue weighted by Gasteiger charge is -2.25. The van der Waals surface area contributed by atoms with E-state index in [1.807, 2.05) is 0 Å². The minimum absolute atomic E-state index is 0.156. The van der Waals surface area contributed by atoms with Crippen molar-refractivity contribution in [3.05, 3.63) is 53.8 Å². The van der Waals surface area contributed by atoms with Crippen molar-refractivity contribution >= 4 is 57.2 Å². The van der Waals surface area contributed by atoms with Gasteiger partial charge in [0.05, 0.1) is 41.8 Å². The number of fused-ring (bicyclic) bond motifs is 4. The van der Waals surface area contributed by atoms with Crippen LogP contribution in [0.3, 0.4) is 0 Å². The molecule has 0 spiro atoms. The van der Waals surface area contributed by atoms with Crippen molar-refractivity contribution in [1.29, 1.82) is 0 Å². The number of benzene rings is 1. The first-order valence-corrected chi connectivity index (χ1v) is 10.5. The van der Waals surface area contributed by atoms with Gasteiger partial charge in [-0.1, -0.05) is 12.2 Å². The Hall–Kier alpha value is -4.94. The first kappa shape index (κ1) is 20.7. The number of ketones is 1. The van der Waals surface area contributed by atoms with E-state index >= 15 is 0 Å². The lowest BCUT2D eigenvalue weighted by molar-refractivity contribution is -0.126. The zero-order valence-corrected chi connectivity index (χ0v) is 17.7. The molecule has 0 aliphatic heterocycles. The maximum Gasteiger partial charge on any atom is 0.432 e. The molecule has 13 nitrogen and oxygen atoms in total. The Morgan fingerprint density at radius 1 is 1.14 bits per heavy atom. The molecule has 2 bridgehead atoms. The quantitative estimate of drug-likeness (QED) is 0.286. The molecular formula is C22H15N7O6. The summed E-state index contributed by atoms with van der Waals surface area (Å²) >= 11 is 0. The van der Waals surface area contributed by atoms with E-state index in [1.54, 1.807) is 36.4 Å². The second kappa shape index (κ2) is 7.55. The van der Waals surface area contributed by atoms with Crippen LogP contribution in [0.4, 0.5) is 22.2 Å². The van der Waals surface area contributed by atoms with Gasteiger partial charge in [0.1, 0.15) is 11.3 Å². The lowest BCUT2D eigenvalue weighted by Crippen LogP contribution is -2.37. The van der Waals surface area contributed by atoms with Gasteiger partial charge >= 0.3 is 6.09 Å². The smallest absolute Gasteiger partial charge is 0.432 e. The molecule has 35 heavy (non-hydrogen) atoms. The third-order valence-corrected chi connectivity index (χ3v) is 6.33. The number of carboxylic acid groups (broad SMARTS) is 1. The fourth-order valence-electron chi connectivity index (χ4n) is 4.79. The van der Waals surface area contributed by atoms with Crippen LogP contribution in [0.25, 0.3) is 22.0 Å². The molecule has 6 rings (SSSR count). The van der Waals surface area contributed by atoms with Crippen LogP contribution in [-0.2, 0) is 9.59 Å². The number of amides is 1. The summed E-state index contributed by atoms with van der Waals surface area (Å²) in [7, 11) is 0. The highest BCUT2D eigenvalue weighted by molar-refractivity contribution is 6.00. The maximum atomic E-state index is 12.6.